The lowest BCUT2D eigenvalue weighted by Crippen LogP contribution is -2.30. The number of benzene rings is 2. The second-order valence-electron chi connectivity index (χ2n) is 5.94. The van der Waals surface area contributed by atoms with E-state index in [0.29, 0.717) is 22.2 Å². The van der Waals surface area contributed by atoms with Crippen LogP contribution in [-0.4, -0.2) is 20.1 Å². The van der Waals surface area contributed by atoms with Crippen LogP contribution in [0.15, 0.2) is 53.3 Å². The van der Waals surface area contributed by atoms with Crippen molar-refractivity contribution in [2.24, 2.45) is 14.1 Å². The first-order chi connectivity index (χ1) is 13.3. The van der Waals surface area contributed by atoms with Gasteiger partial charge in [-0.3, -0.25) is 18.7 Å². The second-order valence-corrected chi connectivity index (χ2v) is 6.74. The van der Waals surface area contributed by atoms with Crippen molar-refractivity contribution in [3.8, 4) is 17.4 Å². The summed E-state index contributed by atoms with van der Waals surface area (Å²) in [5.41, 5.74) is -0.638. The molecule has 2 aromatic carbocycles. The molecule has 9 heteroatoms. The summed E-state index contributed by atoms with van der Waals surface area (Å²) in [5, 5.41) is 13.3. The molecule has 3 rings (SSSR count). The molecule has 7 nitrogen and oxygen atoms in total. The Hall–Kier alpha value is -3.10. The number of halogens is 1. The summed E-state index contributed by atoms with van der Waals surface area (Å²) < 4.78 is 8.09. The number of ether oxygens (including phenoxy) is 1. The van der Waals surface area contributed by atoms with E-state index in [2.05, 4.69) is 5.32 Å². The Balaban J connectivity index is 1.79. The molecule has 0 aliphatic carbocycles. The van der Waals surface area contributed by atoms with E-state index < -0.39 is 17.3 Å². The van der Waals surface area contributed by atoms with Crippen LogP contribution in [0.5, 0.6) is 17.4 Å². The van der Waals surface area contributed by atoms with Crippen LogP contribution in [-0.2, 0) is 14.1 Å². The number of nitrogens with one attached hydrogen (secondary N) is 1. The van der Waals surface area contributed by atoms with Crippen LogP contribution in [0.25, 0.3) is 0 Å². The normalized spacial score (nSPS) is 10.5. The van der Waals surface area contributed by atoms with Crippen LogP contribution in [0.1, 0.15) is 10.4 Å². The predicted molar refractivity (Wildman–Crippen MR) is 109 cm³/mol. The van der Waals surface area contributed by atoms with Crippen LogP contribution in [0, 0.1) is 4.77 Å². The third kappa shape index (κ3) is 3.92. The van der Waals surface area contributed by atoms with E-state index in [9.17, 15) is 14.7 Å². The number of nitrogens with zero attached hydrogens (tertiary/aromatic N) is 2. The van der Waals surface area contributed by atoms with Crippen molar-refractivity contribution in [3.63, 3.8) is 0 Å². The average Bonchev–Trinajstić information content (AvgIpc) is 2.68. The Morgan fingerprint density at radius 3 is 2.14 bits per heavy atom. The summed E-state index contributed by atoms with van der Waals surface area (Å²) in [7, 11) is 2.90. The second kappa shape index (κ2) is 7.87. The third-order valence-electron chi connectivity index (χ3n) is 4.02. The summed E-state index contributed by atoms with van der Waals surface area (Å²) >= 11 is 10.9. The SMILES string of the molecule is Cn1c(O)c(C(=O)Nc2ccc(Oc3ccc(Cl)cc3)cc2)c(=O)n(C)c1=S. The van der Waals surface area contributed by atoms with Gasteiger partial charge >= 0.3 is 0 Å². The molecule has 1 aromatic heterocycles. The number of hydrogen-bond donors (Lipinski definition) is 2. The number of carbonyl (C=O) groups is 1. The Morgan fingerprint density at radius 2 is 1.57 bits per heavy atom. The van der Waals surface area contributed by atoms with E-state index in [1.807, 2.05) is 0 Å². The van der Waals surface area contributed by atoms with Gasteiger partial charge in [0.15, 0.2) is 10.3 Å². The van der Waals surface area contributed by atoms with Crippen molar-refractivity contribution in [2.45, 2.75) is 0 Å². The first-order valence-corrected chi connectivity index (χ1v) is 8.90. The molecule has 144 valence electrons. The monoisotopic (exact) mass is 417 g/mol. The molecule has 28 heavy (non-hydrogen) atoms. The Kier molecular flexibility index (Phi) is 5.53. The highest BCUT2D eigenvalue weighted by Gasteiger charge is 2.20. The van der Waals surface area contributed by atoms with Crippen LogP contribution in [0.2, 0.25) is 5.02 Å². The summed E-state index contributed by atoms with van der Waals surface area (Å²) in [6, 6.07) is 13.5. The number of hydrogen-bond acceptors (Lipinski definition) is 5. The van der Waals surface area contributed by atoms with Gasteiger partial charge in [-0.15, -0.1) is 0 Å². The Labute approximate surface area is 170 Å². The molecule has 0 aliphatic rings. The lowest BCUT2D eigenvalue weighted by molar-refractivity contribution is 0.102. The number of carbonyl (C=O) groups excluding carboxylic acids is 1. The molecule has 0 atom stereocenters. The zero-order valence-corrected chi connectivity index (χ0v) is 16.5. The van der Waals surface area contributed by atoms with Crippen molar-refractivity contribution in [1.29, 1.82) is 0 Å². The summed E-state index contributed by atoms with van der Waals surface area (Å²) in [6.07, 6.45) is 0. The molecule has 0 spiro atoms. The maximum absolute atomic E-state index is 12.5. The number of rotatable bonds is 4. The summed E-state index contributed by atoms with van der Waals surface area (Å²) in [4.78, 5) is 24.8. The van der Waals surface area contributed by atoms with Gasteiger partial charge in [0.2, 0.25) is 5.88 Å². The maximum atomic E-state index is 12.5. The maximum Gasteiger partial charge on any atom is 0.270 e. The molecule has 2 N–H and O–H groups in total. The zero-order valence-electron chi connectivity index (χ0n) is 15.0. The van der Waals surface area contributed by atoms with Crippen molar-refractivity contribution >= 4 is 35.4 Å². The molecule has 0 saturated heterocycles. The minimum atomic E-state index is -0.741. The standard InChI is InChI=1S/C19H16ClN3O4S/c1-22-17(25)15(18(26)23(2)19(22)28)16(24)21-12-5-9-14(10-6-12)27-13-7-3-11(20)4-8-13/h3-10,25H,1-2H3,(H,21,24). The minimum Gasteiger partial charge on any atom is -0.494 e. The molecule has 0 radical (unpaired) electrons. The molecule has 0 saturated carbocycles. The van der Waals surface area contributed by atoms with Crippen LogP contribution in [0.3, 0.4) is 0 Å². The van der Waals surface area contributed by atoms with E-state index in [0.717, 1.165) is 4.57 Å². The van der Waals surface area contributed by atoms with Crippen molar-refractivity contribution in [2.75, 3.05) is 5.32 Å². The topological polar surface area (TPSA) is 85.5 Å². The fourth-order valence-corrected chi connectivity index (χ4v) is 2.77. The Morgan fingerprint density at radius 1 is 1.04 bits per heavy atom. The lowest BCUT2D eigenvalue weighted by atomic mass is 10.2. The summed E-state index contributed by atoms with van der Waals surface area (Å²) in [6.45, 7) is 0. The number of amides is 1. The average molecular weight is 418 g/mol. The molecule has 1 amide bonds. The predicted octanol–water partition coefficient (Wildman–Crippen LogP) is 3.86. The highest BCUT2D eigenvalue weighted by molar-refractivity contribution is 7.71. The van der Waals surface area contributed by atoms with Gasteiger partial charge in [-0.1, -0.05) is 11.6 Å². The zero-order chi connectivity index (χ0) is 20.4. The van der Waals surface area contributed by atoms with Crippen molar-refractivity contribution < 1.29 is 14.6 Å². The minimum absolute atomic E-state index is 0.0998. The van der Waals surface area contributed by atoms with Gasteiger partial charge in [0.25, 0.3) is 11.5 Å². The van der Waals surface area contributed by atoms with Gasteiger partial charge in [0, 0.05) is 24.8 Å². The van der Waals surface area contributed by atoms with E-state index in [1.165, 1.54) is 18.7 Å². The van der Waals surface area contributed by atoms with Crippen molar-refractivity contribution in [3.05, 3.63) is 74.2 Å². The quantitative estimate of drug-likeness (QED) is 0.629. The van der Waals surface area contributed by atoms with E-state index in [4.69, 9.17) is 28.6 Å². The van der Waals surface area contributed by atoms with E-state index in [1.54, 1.807) is 48.5 Å². The summed E-state index contributed by atoms with van der Waals surface area (Å²) in [5.74, 6) is -0.0598. The molecule has 0 aliphatic heterocycles. The molecular weight excluding hydrogens is 402 g/mol. The molecule has 0 fully saturated rings. The van der Waals surface area contributed by atoms with E-state index in [-0.39, 0.29) is 10.3 Å². The smallest absolute Gasteiger partial charge is 0.270 e. The van der Waals surface area contributed by atoms with Gasteiger partial charge < -0.3 is 15.2 Å². The first kappa shape index (κ1) is 19.7. The van der Waals surface area contributed by atoms with Gasteiger partial charge in [0.05, 0.1) is 0 Å². The number of aromatic nitrogens is 2. The van der Waals surface area contributed by atoms with E-state index >= 15 is 0 Å². The lowest BCUT2D eigenvalue weighted by Gasteiger charge is -2.12. The third-order valence-corrected chi connectivity index (χ3v) is 4.82. The fourth-order valence-electron chi connectivity index (χ4n) is 2.47. The molecule has 0 bridgehead atoms. The van der Waals surface area contributed by atoms with Crippen LogP contribution < -0.4 is 15.6 Å². The first-order valence-electron chi connectivity index (χ1n) is 8.11. The van der Waals surface area contributed by atoms with Gasteiger partial charge in [-0.05, 0) is 60.7 Å². The largest absolute Gasteiger partial charge is 0.494 e. The van der Waals surface area contributed by atoms with Gasteiger partial charge in [0.1, 0.15) is 11.5 Å². The number of anilines is 1. The van der Waals surface area contributed by atoms with Crippen LogP contribution in [0.4, 0.5) is 5.69 Å². The Bertz CT molecular complexity index is 1150. The highest BCUT2D eigenvalue weighted by Crippen LogP contribution is 2.24. The van der Waals surface area contributed by atoms with Gasteiger partial charge in [-0.25, -0.2) is 0 Å². The highest BCUT2D eigenvalue weighted by atomic mass is 35.5. The molecule has 0 unspecified atom stereocenters. The molecule has 1 heterocycles. The van der Waals surface area contributed by atoms with Crippen molar-refractivity contribution in [1.82, 2.24) is 9.13 Å². The molecular formula is C19H16ClN3O4S. The van der Waals surface area contributed by atoms with Gasteiger partial charge in [-0.2, -0.15) is 0 Å². The fraction of sp³-hybridized carbons (Fsp3) is 0.105. The number of aromatic hydroxyl groups is 1. The molecule has 3 aromatic rings. The van der Waals surface area contributed by atoms with Crippen LogP contribution >= 0.6 is 23.8 Å².